The second kappa shape index (κ2) is 9.52. The molecule has 0 atom stereocenters. The summed E-state index contributed by atoms with van der Waals surface area (Å²) in [6, 6.07) is 27.1. The average molecular weight is 522 g/mol. The molecule has 0 spiro atoms. The maximum Gasteiger partial charge on any atom is 0.136 e. The van der Waals surface area contributed by atoms with E-state index in [9.17, 15) is 0 Å². The summed E-state index contributed by atoms with van der Waals surface area (Å²) in [6.45, 7) is 19.1. The smallest absolute Gasteiger partial charge is 0.136 e. The molecule has 5 rings (SSSR count). The predicted octanol–water partition coefficient (Wildman–Crippen LogP) is 9.11. The SMILES string of the molecule is Cc1c([Si](c2ccccc2)(C(C)C)C(C)C)sc2c(-c3cc(C(C)(C)C)c4ccccc4c3)nccc12. The zero-order valence-electron chi connectivity index (χ0n) is 23.5. The fourth-order valence-corrected chi connectivity index (χ4v) is 15.8. The molecule has 0 unspecified atom stereocenters. The highest BCUT2D eigenvalue weighted by atomic mass is 32.1. The van der Waals surface area contributed by atoms with Gasteiger partial charge in [-0.15, -0.1) is 11.3 Å². The first-order chi connectivity index (χ1) is 17.6. The zero-order valence-corrected chi connectivity index (χ0v) is 25.3. The van der Waals surface area contributed by atoms with Crippen molar-refractivity contribution in [1.82, 2.24) is 4.98 Å². The Bertz CT molecular complexity index is 1560. The highest BCUT2D eigenvalue weighted by Crippen LogP contribution is 2.41. The van der Waals surface area contributed by atoms with E-state index in [4.69, 9.17) is 4.98 Å². The second-order valence-corrected chi connectivity index (χ2v) is 18.6. The van der Waals surface area contributed by atoms with Gasteiger partial charge in [0, 0.05) is 16.3 Å². The molecule has 37 heavy (non-hydrogen) atoms. The van der Waals surface area contributed by atoms with Gasteiger partial charge in [-0.3, -0.25) is 4.98 Å². The Morgan fingerprint density at radius 1 is 0.784 bits per heavy atom. The normalized spacial score (nSPS) is 12.8. The molecule has 0 aliphatic rings. The lowest BCUT2D eigenvalue weighted by molar-refractivity contribution is 0.596. The number of hydrogen-bond acceptors (Lipinski definition) is 2. The molecule has 0 N–H and O–H groups in total. The van der Waals surface area contributed by atoms with Crippen LogP contribution >= 0.6 is 11.3 Å². The number of nitrogens with zero attached hydrogens (tertiary/aromatic N) is 1. The lowest BCUT2D eigenvalue weighted by Crippen LogP contribution is -2.62. The van der Waals surface area contributed by atoms with Gasteiger partial charge in [0.25, 0.3) is 0 Å². The van der Waals surface area contributed by atoms with E-state index in [1.165, 1.54) is 37.5 Å². The molecule has 0 amide bonds. The van der Waals surface area contributed by atoms with E-state index >= 15 is 0 Å². The molecule has 3 aromatic carbocycles. The molecule has 0 fully saturated rings. The molecule has 5 aromatic rings. The third-order valence-corrected chi connectivity index (χ3v) is 16.8. The molecular weight excluding hydrogens is 483 g/mol. The summed E-state index contributed by atoms with van der Waals surface area (Å²) >= 11 is 2.02. The first-order valence-electron chi connectivity index (χ1n) is 13.5. The van der Waals surface area contributed by atoms with E-state index in [2.05, 4.69) is 128 Å². The summed E-state index contributed by atoms with van der Waals surface area (Å²) in [6.07, 6.45) is 2.02. The molecule has 0 saturated heterocycles. The lowest BCUT2D eigenvalue weighted by Gasteiger charge is -2.40. The summed E-state index contributed by atoms with van der Waals surface area (Å²) in [7, 11) is -2.05. The van der Waals surface area contributed by atoms with E-state index in [-0.39, 0.29) is 5.41 Å². The molecule has 1 nitrogen and oxygen atoms in total. The average Bonchev–Trinajstić information content (AvgIpc) is 3.20. The number of fused-ring (bicyclic) bond motifs is 2. The van der Waals surface area contributed by atoms with Gasteiger partial charge in [0.05, 0.1) is 10.4 Å². The number of aryl methyl sites for hydroxylation is 1. The first-order valence-corrected chi connectivity index (χ1v) is 16.5. The molecule has 2 aromatic heterocycles. The Labute approximate surface area is 227 Å². The van der Waals surface area contributed by atoms with E-state index in [1.807, 2.05) is 17.5 Å². The maximum absolute atomic E-state index is 5.03. The number of thiophene rings is 1. The van der Waals surface area contributed by atoms with Crippen LogP contribution in [0.1, 0.15) is 59.6 Å². The van der Waals surface area contributed by atoms with Crippen LogP contribution in [0.5, 0.6) is 0 Å². The van der Waals surface area contributed by atoms with Crippen molar-refractivity contribution in [3.05, 3.63) is 90.1 Å². The summed E-state index contributed by atoms with van der Waals surface area (Å²) in [5.74, 6) is 0. The molecule has 0 aliphatic heterocycles. The maximum atomic E-state index is 5.03. The second-order valence-electron chi connectivity index (χ2n) is 12.1. The van der Waals surface area contributed by atoms with Crippen molar-refractivity contribution in [1.29, 1.82) is 0 Å². The summed E-state index contributed by atoms with van der Waals surface area (Å²) in [5.41, 5.74) is 6.41. The number of aromatic nitrogens is 1. The standard InChI is InChI=1S/C34H39NSSi/c1-22(2)37(23(3)4,27-15-10-9-11-16-27)33-24(5)28-18-19-35-31(32(28)36-33)26-20-25-14-12-13-17-29(25)30(21-26)34(6,7)8/h9-23H,1-8H3. The Morgan fingerprint density at radius 2 is 1.43 bits per heavy atom. The first kappa shape index (κ1) is 25.9. The summed E-state index contributed by atoms with van der Waals surface area (Å²) in [5, 5.41) is 5.54. The van der Waals surface area contributed by atoms with Gasteiger partial charge >= 0.3 is 0 Å². The van der Waals surface area contributed by atoms with E-state index in [0.29, 0.717) is 11.1 Å². The van der Waals surface area contributed by atoms with Crippen LogP contribution in [-0.4, -0.2) is 13.1 Å². The molecule has 2 heterocycles. The van der Waals surface area contributed by atoms with Gasteiger partial charge in [-0.2, -0.15) is 0 Å². The fourth-order valence-electron chi connectivity index (χ4n) is 6.52. The van der Waals surface area contributed by atoms with Crippen LogP contribution in [-0.2, 0) is 5.41 Å². The topological polar surface area (TPSA) is 12.9 Å². The van der Waals surface area contributed by atoms with Gasteiger partial charge in [-0.1, -0.05) is 108 Å². The quantitative estimate of drug-likeness (QED) is 0.210. The monoisotopic (exact) mass is 521 g/mol. The Balaban J connectivity index is 1.82. The van der Waals surface area contributed by atoms with E-state index in [1.54, 1.807) is 9.69 Å². The summed E-state index contributed by atoms with van der Waals surface area (Å²) in [4.78, 5) is 5.03. The van der Waals surface area contributed by atoms with Gasteiger partial charge in [-0.05, 0) is 68.9 Å². The van der Waals surface area contributed by atoms with Gasteiger partial charge in [-0.25, -0.2) is 0 Å². The van der Waals surface area contributed by atoms with Crippen molar-refractivity contribution >= 4 is 50.0 Å². The van der Waals surface area contributed by atoms with Crippen LogP contribution in [0, 0.1) is 6.92 Å². The van der Waals surface area contributed by atoms with Crippen molar-refractivity contribution in [2.75, 3.05) is 0 Å². The molecule has 190 valence electrons. The van der Waals surface area contributed by atoms with Gasteiger partial charge < -0.3 is 0 Å². The highest BCUT2D eigenvalue weighted by molar-refractivity contribution is 7.35. The van der Waals surface area contributed by atoms with Crippen LogP contribution in [0.3, 0.4) is 0 Å². The molecule has 0 bridgehead atoms. The number of rotatable bonds is 5. The Hall–Kier alpha value is -2.75. The van der Waals surface area contributed by atoms with Gasteiger partial charge in [0.15, 0.2) is 0 Å². The molecule has 0 radical (unpaired) electrons. The minimum Gasteiger partial charge on any atom is -0.255 e. The van der Waals surface area contributed by atoms with Crippen LogP contribution < -0.4 is 9.69 Å². The van der Waals surface area contributed by atoms with Crippen molar-refractivity contribution in [2.45, 2.75) is 71.9 Å². The number of pyridine rings is 1. The van der Waals surface area contributed by atoms with Crippen molar-refractivity contribution in [3.63, 3.8) is 0 Å². The summed E-state index contributed by atoms with van der Waals surface area (Å²) < 4.78 is 2.95. The predicted molar refractivity (Wildman–Crippen MR) is 168 cm³/mol. The van der Waals surface area contributed by atoms with Crippen molar-refractivity contribution in [2.24, 2.45) is 0 Å². The van der Waals surface area contributed by atoms with Crippen LogP contribution in [0.25, 0.3) is 32.1 Å². The Kier molecular flexibility index (Phi) is 6.66. The highest BCUT2D eigenvalue weighted by Gasteiger charge is 2.46. The number of benzene rings is 3. The van der Waals surface area contributed by atoms with Crippen LogP contribution in [0.15, 0.2) is 79.0 Å². The van der Waals surface area contributed by atoms with Crippen molar-refractivity contribution in [3.8, 4) is 11.3 Å². The largest absolute Gasteiger partial charge is 0.255 e. The third-order valence-electron chi connectivity index (χ3n) is 8.25. The minimum atomic E-state index is -2.05. The van der Waals surface area contributed by atoms with E-state index < -0.39 is 8.07 Å². The molecular formula is C34H39NSSi. The third kappa shape index (κ3) is 4.17. The molecule has 0 aliphatic carbocycles. The van der Waals surface area contributed by atoms with Crippen LogP contribution in [0.4, 0.5) is 0 Å². The van der Waals surface area contributed by atoms with E-state index in [0.717, 1.165) is 5.69 Å². The molecule has 0 saturated carbocycles. The fraction of sp³-hybridized carbons (Fsp3) is 0.324. The van der Waals surface area contributed by atoms with Gasteiger partial charge in [0.1, 0.15) is 8.07 Å². The number of hydrogen-bond donors (Lipinski definition) is 0. The minimum absolute atomic E-state index is 0.0463. The molecule has 3 heteroatoms. The van der Waals surface area contributed by atoms with Gasteiger partial charge in [0.2, 0.25) is 0 Å². The Morgan fingerprint density at radius 3 is 2.08 bits per heavy atom. The zero-order chi connectivity index (χ0) is 26.5. The van der Waals surface area contributed by atoms with Crippen LogP contribution in [0.2, 0.25) is 11.1 Å². The lowest BCUT2D eigenvalue weighted by atomic mass is 9.82. The van der Waals surface area contributed by atoms with Crippen molar-refractivity contribution < 1.29 is 0 Å².